The summed E-state index contributed by atoms with van der Waals surface area (Å²) in [5, 5.41) is 2.34. The SMILES string of the molecule is CCOc1ccccc1C1(C)CC(=O)NC1=O. The highest BCUT2D eigenvalue weighted by molar-refractivity contribution is 6.09. The average Bonchev–Trinajstić information content (AvgIpc) is 2.55. The van der Waals surface area contributed by atoms with E-state index in [4.69, 9.17) is 4.74 Å². The monoisotopic (exact) mass is 233 g/mol. The second-order valence-electron chi connectivity index (χ2n) is 4.32. The Bertz CT molecular complexity index is 469. The van der Waals surface area contributed by atoms with Gasteiger partial charge < -0.3 is 4.74 Å². The molecule has 1 aromatic rings. The molecule has 1 aliphatic rings. The van der Waals surface area contributed by atoms with Crippen LogP contribution in [0.15, 0.2) is 24.3 Å². The molecule has 1 unspecified atom stereocenters. The lowest BCUT2D eigenvalue weighted by molar-refractivity contribution is -0.126. The van der Waals surface area contributed by atoms with Crippen LogP contribution in [0.3, 0.4) is 0 Å². The van der Waals surface area contributed by atoms with E-state index in [2.05, 4.69) is 5.32 Å². The van der Waals surface area contributed by atoms with Gasteiger partial charge in [-0.2, -0.15) is 0 Å². The van der Waals surface area contributed by atoms with Crippen molar-refractivity contribution >= 4 is 11.8 Å². The fourth-order valence-corrected chi connectivity index (χ4v) is 2.13. The molecular weight excluding hydrogens is 218 g/mol. The molecular formula is C13H15NO3. The van der Waals surface area contributed by atoms with Crippen molar-refractivity contribution in [2.24, 2.45) is 0 Å². The summed E-state index contributed by atoms with van der Waals surface area (Å²) in [7, 11) is 0. The number of nitrogens with one attached hydrogen (secondary N) is 1. The molecule has 1 heterocycles. The molecule has 90 valence electrons. The zero-order valence-corrected chi connectivity index (χ0v) is 9.95. The Morgan fingerprint density at radius 2 is 2.06 bits per heavy atom. The van der Waals surface area contributed by atoms with Crippen LogP contribution in [0.1, 0.15) is 25.8 Å². The van der Waals surface area contributed by atoms with Gasteiger partial charge in [0.1, 0.15) is 5.75 Å². The lowest BCUT2D eigenvalue weighted by Gasteiger charge is -2.22. The topological polar surface area (TPSA) is 55.4 Å². The first kappa shape index (κ1) is 11.6. The van der Waals surface area contributed by atoms with Gasteiger partial charge in [0.05, 0.1) is 12.0 Å². The zero-order chi connectivity index (χ0) is 12.5. The molecule has 0 spiro atoms. The maximum atomic E-state index is 11.9. The molecule has 1 saturated heterocycles. The van der Waals surface area contributed by atoms with E-state index in [0.29, 0.717) is 12.4 Å². The maximum absolute atomic E-state index is 11.9. The van der Waals surface area contributed by atoms with Crippen LogP contribution in [0.5, 0.6) is 5.75 Å². The van der Waals surface area contributed by atoms with Crippen LogP contribution in [0.4, 0.5) is 0 Å². The second kappa shape index (κ2) is 4.20. The fourth-order valence-electron chi connectivity index (χ4n) is 2.13. The van der Waals surface area contributed by atoms with Gasteiger partial charge in [-0.25, -0.2) is 0 Å². The number of carbonyl (C=O) groups excluding carboxylic acids is 2. The summed E-state index contributed by atoms with van der Waals surface area (Å²) in [6.45, 7) is 4.19. The molecule has 1 aliphatic heterocycles. The molecule has 0 aromatic heterocycles. The first-order valence-electron chi connectivity index (χ1n) is 5.64. The highest BCUT2D eigenvalue weighted by Crippen LogP contribution is 2.37. The van der Waals surface area contributed by atoms with Gasteiger partial charge in [-0.3, -0.25) is 14.9 Å². The molecule has 17 heavy (non-hydrogen) atoms. The maximum Gasteiger partial charge on any atom is 0.237 e. The van der Waals surface area contributed by atoms with E-state index in [1.54, 1.807) is 6.92 Å². The van der Waals surface area contributed by atoms with Crippen molar-refractivity contribution in [1.82, 2.24) is 5.32 Å². The third-order valence-corrected chi connectivity index (χ3v) is 3.05. The summed E-state index contributed by atoms with van der Waals surface area (Å²) in [5.74, 6) is 0.181. The number of ether oxygens (including phenoxy) is 1. The lowest BCUT2D eigenvalue weighted by atomic mass is 9.80. The van der Waals surface area contributed by atoms with Gasteiger partial charge in [-0.1, -0.05) is 18.2 Å². The molecule has 0 saturated carbocycles. The minimum atomic E-state index is -0.817. The van der Waals surface area contributed by atoms with Crippen molar-refractivity contribution in [3.63, 3.8) is 0 Å². The molecule has 1 aromatic carbocycles. The Morgan fingerprint density at radius 1 is 1.35 bits per heavy atom. The molecule has 1 fully saturated rings. The van der Waals surface area contributed by atoms with Crippen molar-refractivity contribution in [3.8, 4) is 5.75 Å². The van der Waals surface area contributed by atoms with Gasteiger partial charge in [0, 0.05) is 12.0 Å². The number of amides is 2. The second-order valence-corrected chi connectivity index (χ2v) is 4.32. The minimum absolute atomic E-state index is 0.177. The van der Waals surface area contributed by atoms with Gasteiger partial charge >= 0.3 is 0 Å². The Balaban J connectivity index is 2.46. The summed E-state index contributed by atoms with van der Waals surface area (Å²) >= 11 is 0. The minimum Gasteiger partial charge on any atom is -0.494 e. The number of rotatable bonds is 3. The van der Waals surface area contributed by atoms with E-state index in [0.717, 1.165) is 5.56 Å². The standard InChI is InChI=1S/C13H15NO3/c1-3-17-10-7-5-4-6-9(10)13(2)8-11(15)14-12(13)16/h4-7H,3,8H2,1-2H3,(H,14,15,16). The van der Waals surface area contributed by atoms with Crippen LogP contribution in [0.25, 0.3) is 0 Å². The van der Waals surface area contributed by atoms with Crippen LogP contribution in [-0.2, 0) is 15.0 Å². The molecule has 2 rings (SSSR count). The summed E-state index contributed by atoms with van der Waals surface area (Å²) < 4.78 is 5.51. The molecule has 1 N–H and O–H groups in total. The number of hydrogen-bond acceptors (Lipinski definition) is 3. The Morgan fingerprint density at radius 3 is 2.65 bits per heavy atom. The largest absolute Gasteiger partial charge is 0.494 e. The third kappa shape index (κ3) is 1.90. The number of carbonyl (C=O) groups is 2. The van der Waals surface area contributed by atoms with Crippen LogP contribution in [0, 0.1) is 0 Å². The Hall–Kier alpha value is -1.84. The number of hydrogen-bond donors (Lipinski definition) is 1. The van der Waals surface area contributed by atoms with E-state index in [9.17, 15) is 9.59 Å². The smallest absolute Gasteiger partial charge is 0.237 e. The van der Waals surface area contributed by atoms with E-state index < -0.39 is 5.41 Å². The van der Waals surface area contributed by atoms with Crippen LogP contribution >= 0.6 is 0 Å². The summed E-state index contributed by atoms with van der Waals surface area (Å²) in [6, 6.07) is 7.36. The highest BCUT2D eigenvalue weighted by atomic mass is 16.5. The molecule has 0 radical (unpaired) electrons. The first-order valence-corrected chi connectivity index (χ1v) is 5.64. The zero-order valence-electron chi connectivity index (χ0n) is 9.95. The van der Waals surface area contributed by atoms with E-state index >= 15 is 0 Å². The molecule has 4 nitrogen and oxygen atoms in total. The summed E-state index contributed by atoms with van der Waals surface area (Å²) in [5.41, 5.74) is -0.0479. The number of imide groups is 1. The summed E-state index contributed by atoms with van der Waals surface area (Å²) in [4.78, 5) is 23.2. The molecule has 0 bridgehead atoms. The van der Waals surface area contributed by atoms with Crippen LogP contribution < -0.4 is 10.1 Å². The molecule has 1 atom stereocenters. The number of para-hydroxylation sites is 1. The van der Waals surface area contributed by atoms with E-state index in [1.165, 1.54) is 0 Å². The van der Waals surface area contributed by atoms with Crippen LogP contribution in [0.2, 0.25) is 0 Å². The van der Waals surface area contributed by atoms with Gasteiger partial charge in [-0.15, -0.1) is 0 Å². The van der Waals surface area contributed by atoms with Crippen molar-refractivity contribution in [1.29, 1.82) is 0 Å². The van der Waals surface area contributed by atoms with Crippen molar-refractivity contribution in [2.45, 2.75) is 25.7 Å². The number of benzene rings is 1. The van der Waals surface area contributed by atoms with E-state index in [-0.39, 0.29) is 18.2 Å². The average molecular weight is 233 g/mol. The fraction of sp³-hybridized carbons (Fsp3) is 0.385. The van der Waals surface area contributed by atoms with Crippen molar-refractivity contribution in [3.05, 3.63) is 29.8 Å². The Kier molecular flexibility index (Phi) is 2.88. The molecule has 0 aliphatic carbocycles. The molecule has 2 amide bonds. The van der Waals surface area contributed by atoms with Gasteiger partial charge in [-0.05, 0) is 19.9 Å². The Labute approximate surface area is 100.0 Å². The highest BCUT2D eigenvalue weighted by Gasteiger charge is 2.45. The molecule has 4 heteroatoms. The lowest BCUT2D eigenvalue weighted by Crippen LogP contribution is -2.33. The van der Waals surface area contributed by atoms with Gasteiger partial charge in [0.15, 0.2) is 0 Å². The van der Waals surface area contributed by atoms with E-state index in [1.807, 2.05) is 31.2 Å². The predicted molar refractivity (Wildman–Crippen MR) is 62.7 cm³/mol. The van der Waals surface area contributed by atoms with Gasteiger partial charge in [0.25, 0.3) is 0 Å². The first-order chi connectivity index (χ1) is 8.08. The summed E-state index contributed by atoms with van der Waals surface area (Å²) in [6.07, 6.45) is 0.177. The normalized spacial score (nSPS) is 23.6. The van der Waals surface area contributed by atoms with Gasteiger partial charge in [0.2, 0.25) is 11.8 Å². The van der Waals surface area contributed by atoms with Crippen molar-refractivity contribution in [2.75, 3.05) is 6.61 Å². The van der Waals surface area contributed by atoms with Crippen LogP contribution in [-0.4, -0.2) is 18.4 Å². The quantitative estimate of drug-likeness (QED) is 0.803. The predicted octanol–water partition coefficient (Wildman–Crippen LogP) is 1.39. The third-order valence-electron chi connectivity index (χ3n) is 3.05. The van der Waals surface area contributed by atoms with Crippen molar-refractivity contribution < 1.29 is 14.3 Å².